The maximum absolute atomic E-state index is 12.1. The van der Waals surface area contributed by atoms with Gasteiger partial charge in [0.25, 0.3) is 0 Å². The van der Waals surface area contributed by atoms with Crippen molar-refractivity contribution in [1.82, 2.24) is 15.4 Å². The van der Waals surface area contributed by atoms with Crippen molar-refractivity contribution in [3.63, 3.8) is 0 Å². The second kappa shape index (κ2) is 7.53. The smallest absolute Gasteiger partial charge is 0.226 e. The number of nitrogens with zero attached hydrogens (tertiary/aromatic N) is 4. The molecule has 28 heavy (non-hydrogen) atoms. The minimum absolute atomic E-state index is 0.129. The number of H-pyrrole nitrogens is 1. The number of fused-ring (bicyclic) bond motifs is 1. The third-order valence-electron chi connectivity index (χ3n) is 4.92. The zero-order valence-electron chi connectivity index (χ0n) is 15.5. The number of carbonyl (C=O) groups excluding carboxylic acids is 1. The Bertz CT molecular complexity index is 1070. The zero-order valence-corrected chi connectivity index (χ0v) is 15.5. The molecular weight excluding hydrogens is 354 g/mol. The maximum atomic E-state index is 12.1. The van der Waals surface area contributed by atoms with Crippen LogP contribution in [0, 0.1) is 11.3 Å². The third kappa shape index (κ3) is 3.32. The van der Waals surface area contributed by atoms with Crippen LogP contribution in [-0.2, 0) is 17.8 Å². The number of aromatic nitrogens is 3. The molecule has 2 heterocycles. The summed E-state index contributed by atoms with van der Waals surface area (Å²) >= 11 is 0. The molecule has 3 aromatic rings. The lowest BCUT2D eigenvalue weighted by Gasteiger charge is -2.19. The Hall–Kier alpha value is -3.66. The Morgan fingerprint density at radius 1 is 1.25 bits per heavy atom. The fourth-order valence-electron chi connectivity index (χ4n) is 3.45. The molecule has 0 fully saturated rings. The first kappa shape index (κ1) is 17.7. The van der Waals surface area contributed by atoms with Crippen LogP contribution < -0.4 is 9.64 Å². The van der Waals surface area contributed by atoms with Gasteiger partial charge in [-0.1, -0.05) is 29.5 Å². The number of nitriles is 1. The minimum Gasteiger partial charge on any atom is -0.489 e. The molecule has 0 saturated carbocycles. The van der Waals surface area contributed by atoms with Crippen LogP contribution in [0.2, 0.25) is 0 Å². The minimum atomic E-state index is 0.129. The van der Waals surface area contributed by atoms with E-state index in [-0.39, 0.29) is 5.91 Å². The van der Waals surface area contributed by atoms with Crippen LogP contribution in [0.25, 0.3) is 11.3 Å². The second-order valence-electron chi connectivity index (χ2n) is 6.70. The average Bonchev–Trinajstić information content (AvgIpc) is 3.15. The van der Waals surface area contributed by atoms with Crippen molar-refractivity contribution in [3.8, 4) is 23.1 Å². The number of benzene rings is 2. The molecule has 0 atom stereocenters. The van der Waals surface area contributed by atoms with Gasteiger partial charge in [0.15, 0.2) is 5.69 Å². The van der Waals surface area contributed by atoms with Gasteiger partial charge in [0.05, 0.1) is 5.69 Å². The van der Waals surface area contributed by atoms with E-state index >= 15 is 0 Å². The summed E-state index contributed by atoms with van der Waals surface area (Å²) in [4.78, 5) is 13.8. The Morgan fingerprint density at radius 2 is 2.11 bits per heavy atom. The van der Waals surface area contributed by atoms with Crippen molar-refractivity contribution >= 4 is 11.6 Å². The summed E-state index contributed by atoms with van der Waals surface area (Å²) in [5.41, 5.74) is 4.60. The highest BCUT2D eigenvalue weighted by Crippen LogP contribution is 2.33. The van der Waals surface area contributed by atoms with E-state index in [4.69, 9.17) is 10.00 Å². The van der Waals surface area contributed by atoms with Gasteiger partial charge in [-0.05, 0) is 36.6 Å². The standard InChI is InChI=1S/C21H19N5O2/c1-26-18-8-4-9-19(16(18)7-3-10-20(26)27)28-13-14-5-2-6-15(11-14)21-17(12-22)23-25-24-21/h2,4-6,8-9,11H,3,7,10,13H2,1H3,(H,23,24,25). The molecule has 4 rings (SSSR count). The first-order chi connectivity index (χ1) is 13.7. The lowest BCUT2D eigenvalue weighted by atomic mass is 10.1. The van der Waals surface area contributed by atoms with Crippen LogP contribution in [0.15, 0.2) is 42.5 Å². The van der Waals surface area contributed by atoms with Crippen LogP contribution in [0.1, 0.15) is 29.7 Å². The topological polar surface area (TPSA) is 94.9 Å². The van der Waals surface area contributed by atoms with Crippen molar-refractivity contribution in [3.05, 3.63) is 59.3 Å². The lowest BCUT2D eigenvalue weighted by molar-refractivity contribution is -0.118. The molecule has 1 amide bonds. The summed E-state index contributed by atoms with van der Waals surface area (Å²) in [6, 6.07) is 15.6. The number of anilines is 1. The molecule has 0 spiro atoms. The van der Waals surface area contributed by atoms with E-state index in [9.17, 15) is 4.79 Å². The molecule has 7 nitrogen and oxygen atoms in total. The van der Waals surface area contributed by atoms with Gasteiger partial charge >= 0.3 is 0 Å². The van der Waals surface area contributed by atoms with Gasteiger partial charge in [-0.25, -0.2) is 5.10 Å². The zero-order chi connectivity index (χ0) is 19.5. The molecule has 0 unspecified atom stereocenters. The highest BCUT2D eigenvalue weighted by atomic mass is 16.5. The maximum Gasteiger partial charge on any atom is 0.226 e. The van der Waals surface area contributed by atoms with E-state index in [2.05, 4.69) is 21.5 Å². The summed E-state index contributed by atoms with van der Waals surface area (Å²) in [7, 11) is 1.81. The average molecular weight is 373 g/mol. The van der Waals surface area contributed by atoms with Crippen molar-refractivity contribution in [2.75, 3.05) is 11.9 Å². The predicted octanol–water partition coefficient (Wildman–Crippen LogP) is 3.22. The van der Waals surface area contributed by atoms with Gasteiger partial charge in [-0.2, -0.15) is 5.26 Å². The molecule has 0 aliphatic carbocycles. The predicted molar refractivity (Wildman–Crippen MR) is 104 cm³/mol. The molecule has 0 bridgehead atoms. The number of carbonyl (C=O) groups is 1. The molecule has 7 heteroatoms. The largest absolute Gasteiger partial charge is 0.489 e. The Kier molecular flexibility index (Phi) is 4.77. The SMILES string of the molecule is CN1C(=O)CCCc2c(OCc3cccc(-c4nn[nH]c4C#N)c3)cccc21. The van der Waals surface area contributed by atoms with E-state index < -0.39 is 0 Å². The van der Waals surface area contributed by atoms with Crippen LogP contribution >= 0.6 is 0 Å². The van der Waals surface area contributed by atoms with E-state index in [0.717, 1.165) is 41.0 Å². The van der Waals surface area contributed by atoms with Gasteiger partial charge in [-0.15, -0.1) is 5.10 Å². The van der Waals surface area contributed by atoms with Crippen molar-refractivity contribution < 1.29 is 9.53 Å². The van der Waals surface area contributed by atoms with Crippen molar-refractivity contribution in [1.29, 1.82) is 5.26 Å². The van der Waals surface area contributed by atoms with E-state index in [1.54, 1.807) is 4.90 Å². The molecule has 0 saturated heterocycles. The quantitative estimate of drug-likeness (QED) is 0.758. The molecule has 140 valence electrons. The van der Waals surface area contributed by atoms with Crippen LogP contribution in [-0.4, -0.2) is 28.4 Å². The van der Waals surface area contributed by atoms with Crippen LogP contribution in [0.4, 0.5) is 5.69 Å². The van der Waals surface area contributed by atoms with Crippen LogP contribution in [0.3, 0.4) is 0 Å². The number of ether oxygens (including phenoxy) is 1. The molecule has 0 radical (unpaired) electrons. The molecule has 1 N–H and O–H groups in total. The fourth-order valence-corrected chi connectivity index (χ4v) is 3.45. The Morgan fingerprint density at radius 3 is 2.96 bits per heavy atom. The second-order valence-corrected chi connectivity index (χ2v) is 6.70. The number of hydrogen-bond acceptors (Lipinski definition) is 5. The van der Waals surface area contributed by atoms with Gasteiger partial charge < -0.3 is 9.64 Å². The van der Waals surface area contributed by atoms with Crippen LogP contribution in [0.5, 0.6) is 5.75 Å². The van der Waals surface area contributed by atoms with Gasteiger partial charge in [0.2, 0.25) is 5.91 Å². The number of hydrogen-bond donors (Lipinski definition) is 1. The van der Waals surface area contributed by atoms with E-state index in [1.807, 2.05) is 49.5 Å². The fraction of sp³-hybridized carbons (Fsp3) is 0.238. The highest BCUT2D eigenvalue weighted by Gasteiger charge is 2.21. The van der Waals surface area contributed by atoms with Gasteiger partial charge in [0.1, 0.15) is 24.1 Å². The lowest BCUT2D eigenvalue weighted by Crippen LogP contribution is -2.25. The summed E-state index contributed by atoms with van der Waals surface area (Å²) in [5.74, 6) is 0.924. The number of rotatable bonds is 4. The Labute approximate surface area is 162 Å². The van der Waals surface area contributed by atoms with Crippen molar-refractivity contribution in [2.45, 2.75) is 25.9 Å². The van der Waals surface area contributed by atoms with Gasteiger partial charge in [-0.3, -0.25) is 4.79 Å². The summed E-state index contributed by atoms with van der Waals surface area (Å²) in [6.07, 6.45) is 2.17. The normalized spacial score (nSPS) is 13.6. The summed E-state index contributed by atoms with van der Waals surface area (Å²) in [6.45, 7) is 0.377. The monoisotopic (exact) mass is 373 g/mol. The molecule has 2 aromatic carbocycles. The molecule has 1 aliphatic heterocycles. The number of aromatic amines is 1. The first-order valence-corrected chi connectivity index (χ1v) is 9.09. The number of amides is 1. The van der Waals surface area contributed by atoms with E-state index in [1.165, 1.54) is 0 Å². The van der Waals surface area contributed by atoms with E-state index in [0.29, 0.717) is 24.4 Å². The molecule has 1 aliphatic rings. The molecular formula is C21H19N5O2. The Balaban J connectivity index is 1.57. The highest BCUT2D eigenvalue weighted by molar-refractivity contribution is 5.94. The van der Waals surface area contributed by atoms with Crippen molar-refractivity contribution in [2.24, 2.45) is 0 Å². The third-order valence-corrected chi connectivity index (χ3v) is 4.92. The summed E-state index contributed by atoms with van der Waals surface area (Å²) < 4.78 is 6.11. The van der Waals surface area contributed by atoms with Gasteiger partial charge in [0, 0.05) is 24.6 Å². The summed E-state index contributed by atoms with van der Waals surface area (Å²) in [5, 5.41) is 19.4. The first-order valence-electron chi connectivity index (χ1n) is 9.09. The molecule has 1 aromatic heterocycles. The number of nitrogens with one attached hydrogen (secondary N) is 1.